The Morgan fingerprint density at radius 3 is 2.12 bits per heavy atom. The van der Waals surface area contributed by atoms with Gasteiger partial charge in [0.15, 0.2) is 0 Å². The summed E-state index contributed by atoms with van der Waals surface area (Å²) in [4.78, 5) is 0. The lowest BCUT2D eigenvalue weighted by Gasteiger charge is -2.32. The van der Waals surface area contributed by atoms with Crippen LogP contribution in [0.4, 0.5) is 0 Å². The topological polar surface area (TPSA) is 31.6 Å². The van der Waals surface area contributed by atoms with E-state index in [0.717, 1.165) is 32.8 Å². The van der Waals surface area contributed by atoms with Gasteiger partial charge < -0.3 is 13.7 Å². The molecule has 0 spiro atoms. The van der Waals surface area contributed by atoms with E-state index in [1.807, 2.05) is 18.2 Å². The predicted molar refractivity (Wildman–Crippen MR) is 107 cm³/mol. The molecule has 3 nitrogen and oxygen atoms in total. The number of furan rings is 1. The Balaban J connectivity index is 1.85. The molecule has 0 saturated carbocycles. The minimum Gasteiger partial charge on any atom is -0.456 e. The van der Waals surface area contributed by atoms with Crippen molar-refractivity contribution < 1.29 is 13.7 Å². The molecule has 26 heavy (non-hydrogen) atoms. The first-order valence-electron chi connectivity index (χ1n) is 9.06. The van der Waals surface area contributed by atoms with Crippen LogP contribution >= 0.6 is 0 Å². The number of benzene rings is 3. The van der Waals surface area contributed by atoms with Gasteiger partial charge in [0.05, 0.1) is 11.2 Å². The molecule has 1 saturated heterocycles. The van der Waals surface area contributed by atoms with Gasteiger partial charge >= 0.3 is 7.12 Å². The first-order valence-corrected chi connectivity index (χ1v) is 9.06. The zero-order valence-corrected chi connectivity index (χ0v) is 15.5. The molecule has 1 fully saturated rings. The van der Waals surface area contributed by atoms with E-state index in [9.17, 15) is 0 Å². The van der Waals surface area contributed by atoms with E-state index < -0.39 is 7.12 Å². The normalized spacial score (nSPS) is 19.0. The van der Waals surface area contributed by atoms with E-state index in [0.29, 0.717) is 0 Å². The van der Waals surface area contributed by atoms with Gasteiger partial charge in [0.1, 0.15) is 11.2 Å². The molecule has 0 radical (unpaired) electrons. The van der Waals surface area contributed by atoms with Crippen LogP contribution in [0.1, 0.15) is 27.7 Å². The van der Waals surface area contributed by atoms with Gasteiger partial charge in [-0.3, -0.25) is 0 Å². The second-order valence-electron chi connectivity index (χ2n) is 8.08. The van der Waals surface area contributed by atoms with Crippen molar-refractivity contribution in [2.75, 3.05) is 0 Å². The summed E-state index contributed by atoms with van der Waals surface area (Å²) in [7, 11) is -0.451. The Kier molecular flexibility index (Phi) is 3.14. The van der Waals surface area contributed by atoms with Crippen LogP contribution in [0.5, 0.6) is 0 Å². The van der Waals surface area contributed by atoms with Gasteiger partial charge in [-0.25, -0.2) is 0 Å². The fraction of sp³-hybridized carbons (Fsp3) is 0.273. The molecule has 5 rings (SSSR count). The highest BCUT2D eigenvalue weighted by Crippen LogP contribution is 2.39. The van der Waals surface area contributed by atoms with Crippen LogP contribution < -0.4 is 5.46 Å². The molecular formula is C22H21BO3. The Morgan fingerprint density at radius 2 is 1.38 bits per heavy atom. The van der Waals surface area contributed by atoms with E-state index in [1.165, 1.54) is 5.39 Å². The molecule has 0 amide bonds. The smallest absolute Gasteiger partial charge is 0.456 e. The SMILES string of the molecule is CC1(C)OB(c2cc3ccccc3c3c2oc2ccccc23)OC1(C)C. The number of para-hydroxylation sites is 1. The van der Waals surface area contributed by atoms with Crippen LogP contribution in [0.3, 0.4) is 0 Å². The average molecular weight is 344 g/mol. The van der Waals surface area contributed by atoms with Gasteiger partial charge in [0.2, 0.25) is 0 Å². The summed E-state index contributed by atoms with van der Waals surface area (Å²) < 4.78 is 18.9. The fourth-order valence-electron chi connectivity index (χ4n) is 3.74. The predicted octanol–water partition coefficient (Wildman–Crippen LogP) is 5.04. The molecule has 130 valence electrons. The maximum Gasteiger partial charge on any atom is 0.498 e. The fourth-order valence-corrected chi connectivity index (χ4v) is 3.74. The van der Waals surface area contributed by atoms with Gasteiger partial charge in [-0.15, -0.1) is 0 Å². The molecule has 1 aromatic heterocycles. The number of rotatable bonds is 1. The van der Waals surface area contributed by atoms with Crippen LogP contribution in [0.2, 0.25) is 0 Å². The molecule has 0 unspecified atom stereocenters. The third kappa shape index (κ3) is 2.09. The van der Waals surface area contributed by atoms with Crippen molar-refractivity contribution in [3.05, 3.63) is 54.6 Å². The summed E-state index contributed by atoms with van der Waals surface area (Å²) in [5, 5.41) is 4.60. The number of fused-ring (bicyclic) bond motifs is 5. The van der Waals surface area contributed by atoms with Gasteiger partial charge in [-0.2, -0.15) is 0 Å². The summed E-state index contributed by atoms with van der Waals surface area (Å²) in [5.41, 5.74) is 1.91. The Morgan fingerprint density at radius 1 is 0.769 bits per heavy atom. The first-order chi connectivity index (χ1) is 12.4. The molecule has 0 aliphatic carbocycles. The van der Waals surface area contributed by atoms with Crippen molar-refractivity contribution >= 4 is 45.3 Å². The molecule has 1 aliphatic rings. The van der Waals surface area contributed by atoms with Crippen LogP contribution in [-0.4, -0.2) is 18.3 Å². The van der Waals surface area contributed by atoms with E-state index in [1.54, 1.807) is 0 Å². The molecular weight excluding hydrogens is 323 g/mol. The van der Waals surface area contributed by atoms with Crippen molar-refractivity contribution in [2.45, 2.75) is 38.9 Å². The van der Waals surface area contributed by atoms with Crippen LogP contribution in [0, 0.1) is 0 Å². The summed E-state index contributed by atoms with van der Waals surface area (Å²) in [5.74, 6) is 0. The quantitative estimate of drug-likeness (QED) is 0.454. The Hall–Kier alpha value is -2.30. The van der Waals surface area contributed by atoms with Crippen LogP contribution in [0.15, 0.2) is 59.0 Å². The lowest BCUT2D eigenvalue weighted by Crippen LogP contribution is -2.41. The zero-order chi connectivity index (χ0) is 18.1. The summed E-state index contributed by atoms with van der Waals surface area (Å²) in [6, 6.07) is 18.7. The Bertz CT molecular complexity index is 1140. The summed E-state index contributed by atoms with van der Waals surface area (Å²) in [6.07, 6.45) is 0. The monoisotopic (exact) mass is 344 g/mol. The second-order valence-corrected chi connectivity index (χ2v) is 8.08. The molecule has 2 heterocycles. The molecule has 1 aliphatic heterocycles. The van der Waals surface area contributed by atoms with Gasteiger partial charge in [0, 0.05) is 16.2 Å². The van der Waals surface area contributed by atoms with Crippen LogP contribution in [0.25, 0.3) is 32.7 Å². The maximum absolute atomic E-state index is 6.32. The maximum atomic E-state index is 6.32. The van der Waals surface area contributed by atoms with E-state index in [-0.39, 0.29) is 11.2 Å². The Labute approximate surface area is 153 Å². The van der Waals surface area contributed by atoms with Gasteiger partial charge in [0.25, 0.3) is 0 Å². The minimum atomic E-state index is -0.451. The third-order valence-corrected chi connectivity index (χ3v) is 5.91. The molecule has 4 aromatic rings. The summed E-state index contributed by atoms with van der Waals surface area (Å²) in [6.45, 7) is 8.29. The minimum absolute atomic E-state index is 0.387. The molecule has 4 heteroatoms. The van der Waals surface area contributed by atoms with E-state index >= 15 is 0 Å². The molecule has 0 atom stereocenters. The van der Waals surface area contributed by atoms with Crippen LogP contribution in [-0.2, 0) is 9.31 Å². The van der Waals surface area contributed by atoms with E-state index in [4.69, 9.17) is 13.7 Å². The molecule has 0 bridgehead atoms. The first kappa shape index (κ1) is 15.9. The average Bonchev–Trinajstić information content (AvgIpc) is 3.09. The number of hydrogen-bond donors (Lipinski definition) is 0. The highest BCUT2D eigenvalue weighted by atomic mass is 16.7. The molecule has 3 aromatic carbocycles. The lowest BCUT2D eigenvalue weighted by atomic mass is 9.77. The second kappa shape index (κ2) is 5.12. The molecule has 0 N–H and O–H groups in total. The number of hydrogen-bond acceptors (Lipinski definition) is 3. The highest BCUT2D eigenvalue weighted by Gasteiger charge is 2.52. The summed E-state index contributed by atoms with van der Waals surface area (Å²) >= 11 is 0. The highest BCUT2D eigenvalue weighted by molar-refractivity contribution is 6.65. The van der Waals surface area contributed by atoms with Crippen molar-refractivity contribution in [2.24, 2.45) is 0 Å². The van der Waals surface area contributed by atoms with Crippen molar-refractivity contribution in [1.29, 1.82) is 0 Å². The largest absolute Gasteiger partial charge is 0.498 e. The van der Waals surface area contributed by atoms with Crippen molar-refractivity contribution in [3.63, 3.8) is 0 Å². The van der Waals surface area contributed by atoms with Crippen molar-refractivity contribution in [1.82, 2.24) is 0 Å². The lowest BCUT2D eigenvalue weighted by molar-refractivity contribution is 0.00578. The van der Waals surface area contributed by atoms with Gasteiger partial charge in [-0.1, -0.05) is 48.5 Å². The van der Waals surface area contributed by atoms with Crippen molar-refractivity contribution in [3.8, 4) is 0 Å². The van der Waals surface area contributed by atoms with Gasteiger partial charge in [-0.05, 0) is 44.5 Å². The standard InChI is InChI=1S/C22H21BO3/c1-21(2)22(3,4)26-23(25-21)17-13-14-9-5-6-10-15(14)19-16-11-7-8-12-18(16)24-20(17)19/h5-13H,1-4H3. The third-order valence-electron chi connectivity index (χ3n) is 5.91. The zero-order valence-electron chi connectivity index (χ0n) is 15.5. The van der Waals surface area contributed by atoms with E-state index in [2.05, 4.69) is 64.1 Å².